The Kier molecular flexibility index (Phi) is 5.90. The first-order chi connectivity index (χ1) is 14.5. The molecular formula is C23H29N3O4. The van der Waals surface area contributed by atoms with Gasteiger partial charge in [0.05, 0.1) is 16.6 Å². The van der Waals surface area contributed by atoms with E-state index in [1.54, 1.807) is 31.3 Å². The van der Waals surface area contributed by atoms with Crippen molar-refractivity contribution in [2.45, 2.75) is 57.4 Å². The second-order valence-corrected chi connectivity index (χ2v) is 8.44. The fourth-order valence-corrected chi connectivity index (χ4v) is 4.99. The van der Waals surface area contributed by atoms with E-state index in [4.69, 9.17) is 0 Å². The standard InChI is InChI=1S/C23H29N3O4/c1-24-19-11-7-8-12-20(19)26(22(28)21(24)27)18-13-14-25(15-17(18)23(29)30)16-9-5-3-2-4-6-10-16/h7-8,11-12,16H,2-6,9-10,13-15H2,1H3,(H,29,30). The summed E-state index contributed by atoms with van der Waals surface area (Å²) >= 11 is 0. The molecule has 1 aromatic carbocycles. The molecule has 1 saturated carbocycles. The molecule has 1 aromatic heterocycles. The molecule has 0 spiro atoms. The highest BCUT2D eigenvalue weighted by Gasteiger charge is 2.30. The Balaban J connectivity index is 1.80. The van der Waals surface area contributed by atoms with Gasteiger partial charge in [-0.05, 0) is 25.0 Å². The maximum Gasteiger partial charge on any atom is 0.334 e. The molecule has 1 N–H and O–H groups in total. The average Bonchev–Trinajstić information content (AvgIpc) is 2.72. The lowest BCUT2D eigenvalue weighted by molar-refractivity contribution is -0.133. The molecule has 0 amide bonds. The molecule has 0 atom stereocenters. The van der Waals surface area contributed by atoms with Gasteiger partial charge in [-0.2, -0.15) is 0 Å². The molecule has 0 saturated heterocycles. The van der Waals surface area contributed by atoms with Crippen LogP contribution in [0.1, 0.15) is 51.4 Å². The first-order valence-electron chi connectivity index (χ1n) is 10.9. The van der Waals surface area contributed by atoms with Crippen LogP contribution in [0.2, 0.25) is 0 Å². The summed E-state index contributed by atoms with van der Waals surface area (Å²) in [6, 6.07) is 7.53. The highest BCUT2D eigenvalue weighted by atomic mass is 16.4. The van der Waals surface area contributed by atoms with Crippen LogP contribution >= 0.6 is 0 Å². The van der Waals surface area contributed by atoms with E-state index in [1.807, 2.05) is 0 Å². The van der Waals surface area contributed by atoms with Crippen molar-refractivity contribution in [3.63, 3.8) is 0 Å². The normalized spacial score (nSPS) is 19.6. The van der Waals surface area contributed by atoms with E-state index in [2.05, 4.69) is 4.90 Å². The Labute approximate surface area is 175 Å². The molecular weight excluding hydrogens is 382 g/mol. The van der Waals surface area contributed by atoms with Crippen molar-refractivity contribution < 1.29 is 9.90 Å². The zero-order valence-corrected chi connectivity index (χ0v) is 17.5. The summed E-state index contributed by atoms with van der Waals surface area (Å²) in [6.45, 7) is 1.01. The zero-order valence-electron chi connectivity index (χ0n) is 17.5. The molecule has 0 bridgehead atoms. The van der Waals surface area contributed by atoms with Crippen molar-refractivity contribution in [2.75, 3.05) is 13.1 Å². The highest BCUT2D eigenvalue weighted by Crippen LogP contribution is 2.29. The summed E-state index contributed by atoms with van der Waals surface area (Å²) < 4.78 is 2.68. The van der Waals surface area contributed by atoms with Crippen molar-refractivity contribution >= 4 is 22.7 Å². The smallest absolute Gasteiger partial charge is 0.334 e. The third-order valence-electron chi connectivity index (χ3n) is 6.64. The Morgan fingerprint density at radius 2 is 1.60 bits per heavy atom. The fourth-order valence-electron chi connectivity index (χ4n) is 4.99. The molecule has 160 valence electrons. The first kappa shape index (κ1) is 20.6. The van der Waals surface area contributed by atoms with Crippen molar-refractivity contribution in [2.24, 2.45) is 7.05 Å². The van der Waals surface area contributed by atoms with Crippen molar-refractivity contribution in [1.29, 1.82) is 0 Å². The number of rotatable bonds is 3. The van der Waals surface area contributed by atoms with Crippen LogP contribution in [0, 0.1) is 0 Å². The maximum absolute atomic E-state index is 12.9. The number of carboxylic acid groups (broad SMARTS) is 1. The second kappa shape index (κ2) is 8.60. The Bertz CT molecular complexity index is 1100. The number of carbonyl (C=O) groups is 1. The lowest BCUT2D eigenvalue weighted by Gasteiger charge is -2.37. The van der Waals surface area contributed by atoms with Gasteiger partial charge < -0.3 is 9.67 Å². The first-order valence-corrected chi connectivity index (χ1v) is 10.9. The van der Waals surface area contributed by atoms with Gasteiger partial charge in [0.2, 0.25) is 0 Å². The minimum absolute atomic E-state index is 0.226. The van der Waals surface area contributed by atoms with Crippen LogP contribution in [0.5, 0.6) is 0 Å². The molecule has 1 aliphatic carbocycles. The summed E-state index contributed by atoms with van der Waals surface area (Å²) in [5, 5.41) is 9.99. The Morgan fingerprint density at radius 1 is 0.967 bits per heavy atom. The Hall–Kier alpha value is -2.67. The second-order valence-electron chi connectivity index (χ2n) is 8.44. The van der Waals surface area contributed by atoms with Crippen LogP contribution < -0.4 is 11.1 Å². The Morgan fingerprint density at radius 3 is 2.27 bits per heavy atom. The van der Waals surface area contributed by atoms with E-state index in [9.17, 15) is 19.5 Å². The molecule has 2 aromatic rings. The third-order valence-corrected chi connectivity index (χ3v) is 6.64. The number of hydrogen-bond donors (Lipinski definition) is 1. The zero-order chi connectivity index (χ0) is 21.3. The van der Waals surface area contributed by atoms with Gasteiger partial charge in [0, 0.05) is 38.3 Å². The number of hydrogen-bond acceptors (Lipinski definition) is 4. The number of benzene rings is 1. The molecule has 1 aliphatic heterocycles. The molecule has 7 heteroatoms. The van der Waals surface area contributed by atoms with Crippen molar-refractivity contribution in [1.82, 2.24) is 14.0 Å². The number of aryl methyl sites for hydroxylation is 1. The van der Waals surface area contributed by atoms with Gasteiger partial charge in [-0.1, -0.05) is 44.2 Å². The number of fused-ring (bicyclic) bond motifs is 1. The van der Waals surface area contributed by atoms with Crippen molar-refractivity contribution in [3.8, 4) is 0 Å². The summed E-state index contributed by atoms with van der Waals surface area (Å²) in [6.07, 6.45) is 8.76. The van der Waals surface area contributed by atoms with Gasteiger partial charge in [-0.15, -0.1) is 0 Å². The van der Waals surface area contributed by atoms with Crippen LogP contribution in [0.15, 0.2) is 39.4 Å². The minimum Gasteiger partial charge on any atom is -0.478 e. The van der Waals surface area contributed by atoms with E-state index in [0.29, 0.717) is 42.3 Å². The number of carboxylic acids is 1. The summed E-state index contributed by atoms with van der Waals surface area (Å²) in [5.74, 6) is -1.02. The van der Waals surface area contributed by atoms with Gasteiger partial charge >= 0.3 is 17.1 Å². The summed E-state index contributed by atoms with van der Waals surface area (Å²) in [5.41, 5.74) is 0.518. The van der Waals surface area contributed by atoms with Gasteiger partial charge in [-0.25, -0.2) is 4.79 Å². The molecule has 2 heterocycles. The largest absolute Gasteiger partial charge is 0.478 e. The van der Waals surface area contributed by atoms with Crippen LogP contribution in [0.3, 0.4) is 0 Å². The van der Waals surface area contributed by atoms with Crippen LogP contribution in [0.25, 0.3) is 16.7 Å². The van der Waals surface area contributed by atoms with E-state index < -0.39 is 17.1 Å². The monoisotopic (exact) mass is 411 g/mol. The highest BCUT2D eigenvalue weighted by molar-refractivity contribution is 5.95. The van der Waals surface area contributed by atoms with Crippen LogP contribution in [0.4, 0.5) is 0 Å². The predicted molar refractivity (Wildman–Crippen MR) is 117 cm³/mol. The van der Waals surface area contributed by atoms with Gasteiger partial charge in [-0.3, -0.25) is 19.1 Å². The summed E-state index contributed by atoms with van der Waals surface area (Å²) in [4.78, 5) is 40.0. The molecule has 7 nitrogen and oxygen atoms in total. The van der Waals surface area contributed by atoms with Crippen LogP contribution in [-0.4, -0.2) is 44.2 Å². The van der Waals surface area contributed by atoms with E-state index >= 15 is 0 Å². The molecule has 1 fully saturated rings. The SMILES string of the molecule is Cn1c(=O)c(=O)n(C2=C(C(=O)O)CN(C3CCCCCCC3)CC2)c2ccccc21. The number of para-hydroxylation sites is 2. The molecule has 0 radical (unpaired) electrons. The third kappa shape index (κ3) is 3.74. The number of aliphatic carboxylic acids is 1. The molecule has 4 rings (SSSR count). The fraction of sp³-hybridized carbons (Fsp3) is 0.522. The average molecular weight is 412 g/mol. The van der Waals surface area contributed by atoms with Gasteiger partial charge in [0.1, 0.15) is 0 Å². The maximum atomic E-state index is 12.9. The number of nitrogens with zero attached hydrogens (tertiary/aromatic N) is 3. The topological polar surface area (TPSA) is 84.5 Å². The predicted octanol–water partition coefficient (Wildman–Crippen LogP) is 2.81. The van der Waals surface area contributed by atoms with Crippen LogP contribution in [-0.2, 0) is 11.8 Å². The van der Waals surface area contributed by atoms with Gasteiger partial charge in [0.25, 0.3) is 0 Å². The van der Waals surface area contributed by atoms with E-state index in [0.717, 1.165) is 12.8 Å². The van der Waals surface area contributed by atoms with E-state index in [-0.39, 0.29) is 5.57 Å². The molecule has 2 aliphatic rings. The van der Waals surface area contributed by atoms with Crippen molar-refractivity contribution in [3.05, 3.63) is 50.5 Å². The van der Waals surface area contributed by atoms with Gasteiger partial charge in [0.15, 0.2) is 0 Å². The minimum atomic E-state index is -1.02. The lowest BCUT2D eigenvalue weighted by Crippen LogP contribution is -2.45. The molecule has 0 unspecified atom stereocenters. The quantitative estimate of drug-likeness (QED) is 0.785. The number of aromatic nitrogens is 2. The van der Waals surface area contributed by atoms with E-state index in [1.165, 1.54) is 41.2 Å². The lowest BCUT2D eigenvalue weighted by atomic mass is 9.93. The summed E-state index contributed by atoms with van der Waals surface area (Å²) in [7, 11) is 1.57. The molecule has 30 heavy (non-hydrogen) atoms.